The fourth-order valence-corrected chi connectivity index (χ4v) is 7.65. The molecule has 1 aliphatic carbocycles. The largest absolute Gasteiger partial charge is 0.369 e. The molecule has 0 amide bonds. The fourth-order valence-electron chi connectivity index (χ4n) is 5.27. The first kappa shape index (κ1) is 27.4. The summed E-state index contributed by atoms with van der Waals surface area (Å²) in [6.07, 6.45) is 2.86. The number of sulfonamides is 1. The van der Waals surface area contributed by atoms with Crippen molar-refractivity contribution in [2.24, 2.45) is 5.41 Å². The van der Waals surface area contributed by atoms with E-state index in [1.54, 1.807) is 34.6 Å². The van der Waals surface area contributed by atoms with Crippen LogP contribution in [0.5, 0.6) is 0 Å². The van der Waals surface area contributed by atoms with Crippen molar-refractivity contribution in [3.8, 4) is 0 Å². The second kappa shape index (κ2) is 11.0. The fraction of sp³-hybridized carbons (Fsp3) is 0.500. The van der Waals surface area contributed by atoms with Gasteiger partial charge in [-0.25, -0.2) is 8.42 Å². The molecule has 10 heteroatoms. The van der Waals surface area contributed by atoms with E-state index in [9.17, 15) is 13.2 Å². The van der Waals surface area contributed by atoms with Crippen LogP contribution in [0.2, 0.25) is 10.0 Å². The second-order valence-corrected chi connectivity index (χ2v) is 13.2. The van der Waals surface area contributed by atoms with E-state index in [1.165, 1.54) is 0 Å². The van der Waals surface area contributed by atoms with Crippen LogP contribution in [0.3, 0.4) is 0 Å². The molecule has 2 aromatic rings. The summed E-state index contributed by atoms with van der Waals surface area (Å²) in [5.41, 5.74) is 1.68. The van der Waals surface area contributed by atoms with Gasteiger partial charge in [0, 0.05) is 62.0 Å². The highest BCUT2D eigenvalue weighted by molar-refractivity contribution is 7.89. The normalized spacial score (nSPS) is 20.4. The van der Waals surface area contributed by atoms with E-state index in [4.69, 9.17) is 23.2 Å². The smallest absolute Gasteiger partial charge is 0.244 e. The van der Waals surface area contributed by atoms with Gasteiger partial charge in [-0.2, -0.15) is 4.31 Å². The van der Waals surface area contributed by atoms with Crippen LogP contribution < -0.4 is 4.90 Å². The maximum atomic E-state index is 12.9. The van der Waals surface area contributed by atoms with Gasteiger partial charge in [-0.05, 0) is 64.3 Å². The van der Waals surface area contributed by atoms with Gasteiger partial charge >= 0.3 is 0 Å². The first-order valence-electron chi connectivity index (χ1n) is 12.1. The van der Waals surface area contributed by atoms with Crippen molar-refractivity contribution in [3.05, 3.63) is 58.1 Å². The minimum atomic E-state index is -3.52. The maximum absolute atomic E-state index is 12.9. The highest BCUT2D eigenvalue weighted by Crippen LogP contribution is 2.52. The van der Waals surface area contributed by atoms with E-state index in [1.807, 2.05) is 38.2 Å². The van der Waals surface area contributed by atoms with Gasteiger partial charge < -0.3 is 9.80 Å². The van der Waals surface area contributed by atoms with Crippen LogP contribution in [0.1, 0.15) is 23.2 Å². The van der Waals surface area contributed by atoms with Gasteiger partial charge in [-0.1, -0.05) is 35.3 Å². The van der Waals surface area contributed by atoms with Crippen molar-refractivity contribution in [3.63, 3.8) is 0 Å². The Labute approximate surface area is 224 Å². The number of carbonyl (C=O) groups is 1. The minimum absolute atomic E-state index is 0.119. The van der Waals surface area contributed by atoms with Crippen LogP contribution in [0.4, 0.5) is 5.69 Å². The number of halogens is 2. The number of aldehydes is 1. The zero-order chi connectivity index (χ0) is 26.1. The monoisotopic (exact) mass is 552 g/mol. The van der Waals surface area contributed by atoms with Gasteiger partial charge in [-0.3, -0.25) is 9.69 Å². The third kappa shape index (κ3) is 5.74. The molecule has 2 aromatic carbocycles. The first-order chi connectivity index (χ1) is 17.0. The van der Waals surface area contributed by atoms with Gasteiger partial charge in [0.25, 0.3) is 0 Å². The molecule has 2 aliphatic heterocycles. The molecule has 2 saturated heterocycles. The highest BCUT2D eigenvalue weighted by Gasteiger charge is 2.57. The lowest BCUT2D eigenvalue weighted by atomic mass is 9.61. The van der Waals surface area contributed by atoms with E-state index >= 15 is 0 Å². The first-order valence-corrected chi connectivity index (χ1v) is 14.3. The van der Waals surface area contributed by atoms with Crippen molar-refractivity contribution in [2.75, 3.05) is 65.3 Å². The number of rotatable bonds is 5. The Morgan fingerprint density at radius 1 is 0.944 bits per heavy atom. The van der Waals surface area contributed by atoms with Gasteiger partial charge in [0.1, 0.15) is 4.90 Å². The molecule has 0 unspecified atom stereocenters. The van der Waals surface area contributed by atoms with Crippen LogP contribution >= 0.6 is 23.2 Å². The standard InChI is InChI=1S/C23H25Cl2N3O3S.C3H9N/c24-20-3-1-2-4-22(20)32(30,31)28-15-23(16-28)12-19(13-23)27-9-7-26(8-10-27)18-6-5-17(14-29)21(25)11-18;1-4(2)3/h1-6,11,14,19H,7-10,12-13,15-16H2;1-3H3. The average Bonchev–Trinajstić information content (AvgIpc) is 2.77. The molecule has 3 fully saturated rings. The number of piperazine rings is 1. The minimum Gasteiger partial charge on any atom is -0.369 e. The molecule has 5 rings (SSSR count). The number of anilines is 1. The van der Waals surface area contributed by atoms with Crippen molar-refractivity contribution in [1.82, 2.24) is 14.1 Å². The summed E-state index contributed by atoms with van der Waals surface area (Å²) in [6, 6.07) is 12.7. The summed E-state index contributed by atoms with van der Waals surface area (Å²) >= 11 is 12.3. The van der Waals surface area contributed by atoms with Crippen LogP contribution in [-0.2, 0) is 10.0 Å². The molecule has 7 nitrogen and oxygen atoms in total. The van der Waals surface area contributed by atoms with Gasteiger partial charge in [0.2, 0.25) is 10.0 Å². The van der Waals surface area contributed by atoms with Crippen LogP contribution in [0.25, 0.3) is 0 Å². The van der Waals surface area contributed by atoms with E-state index in [0.717, 1.165) is 51.0 Å². The molecular weight excluding hydrogens is 519 g/mol. The average molecular weight is 554 g/mol. The topological polar surface area (TPSA) is 64.2 Å². The third-order valence-corrected chi connectivity index (χ3v) is 9.74. The van der Waals surface area contributed by atoms with E-state index in [-0.39, 0.29) is 15.3 Å². The summed E-state index contributed by atoms with van der Waals surface area (Å²) in [5.74, 6) is 0. The number of hydrogen-bond acceptors (Lipinski definition) is 6. The van der Waals surface area contributed by atoms with E-state index in [0.29, 0.717) is 29.7 Å². The summed E-state index contributed by atoms with van der Waals surface area (Å²) in [5, 5.41) is 0.766. The molecule has 2 heterocycles. The molecular formula is C26H34Cl2N4O3S. The Morgan fingerprint density at radius 3 is 2.11 bits per heavy atom. The molecule has 0 aromatic heterocycles. The number of hydrogen-bond donors (Lipinski definition) is 0. The molecule has 0 bridgehead atoms. The highest BCUT2D eigenvalue weighted by atomic mass is 35.5. The van der Waals surface area contributed by atoms with Crippen molar-refractivity contribution in [1.29, 1.82) is 0 Å². The number of carbonyl (C=O) groups excluding carboxylic acids is 1. The SMILES string of the molecule is CN(C)C.O=Cc1ccc(N2CCN(C3CC4(C3)CN(S(=O)(=O)c3ccccc3Cl)C4)CC2)cc1Cl. The zero-order valence-corrected chi connectivity index (χ0v) is 23.4. The molecule has 0 atom stereocenters. The molecule has 3 aliphatic rings. The van der Waals surface area contributed by atoms with Crippen LogP contribution in [0, 0.1) is 5.41 Å². The summed E-state index contributed by atoms with van der Waals surface area (Å²) in [6.45, 7) is 4.92. The van der Waals surface area contributed by atoms with Gasteiger partial charge in [0.05, 0.1) is 10.0 Å². The van der Waals surface area contributed by atoms with Crippen molar-refractivity contribution < 1.29 is 13.2 Å². The lowest BCUT2D eigenvalue weighted by Gasteiger charge is -2.61. The zero-order valence-electron chi connectivity index (χ0n) is 21.0. The Morgan fingerprint density at radius 2 is 1.56 bits per heavy atom. The van der Waals surface area contributed by atoms with Gasteiger partial charge in [-0.15, -0.1) is 0 Å². The van der Waals surface area contributed by atoms with Crippen molar-refractivity contribution in [2.45, 2.75) is 23.8 Å². The van der Waals surface area contributed by atoms with Crippen LogP contribution in [0.15, 0.2) is 47.4 Å². The molecule has 1 saturated carbocycles. The molecule has 1 spiro atoms. The Hall–Kier alpha value is -1.68. The predicted octanol–water partition coefficient (Wildman–Crippen LogP) is 3.96. The Bertz CT molecular complexity index is 1180. The summed E-state index contributed by atoms with van der Waals surface area (Å²) in [7, 11) is 2.48. The quantitative estimate of drug-likeness (QED) is 0.523. The lowest BCUT2D eigenvalue weighted by molar-refractivity contribution is -0.0762. The Balaban J connectivity index is 0.000000709. The second-order valence-electron chi connectivity index (χ2n) is 10.5. The van der Waals surface area contributed by atoms with E-state index < -0.39 is 10.0 Å². The maximum Gasteiger partial charge on any atom is 0.244 e. The lowest BCUT2D eigenvalue weighted by Crippen LogP contribution is -2.68. The molecule has 0 N–H and O–H groups in total. The Kier molecular flexibility index (Phi) is 8.34. The predicted molar refractivity (Wildman–Crippen MR) is 146 cm³/mol. The third-order valence-electron chi connectivity index (χ3n) is 7.12. The van der Waals surface area contributed by atoms with E-state index in [2.05, 4.69) is 9.80 Å². The van der Waals surface area contributed by atoms with Gasteiger partial charge in [0.15, 0.2) is 6.29 Å². The number of benzene rings is 2. The summed E-state index contributed by atoms with van der Waals surface area (Å²) < 4.78 is 27.3. The number of nitrogens with zero attached hydrogens (tertiary/aromatic N) is 4. The van der Waals surface area contributed by atoms with Crippen LogP contribution in [-0.4, -0.2) is 95.3 Å². The van der Waals surface area contributed by atoms with Crippen molar-refractivity contribution >= 4 is 45.2 Å². The summed E-state index contributed by atoms with van der Waals surface area (Å²) in [4.78, 5) is 18.0. The molecule has 0 radical (unpaired) electrons. The molecule has 196 valence electrons. The molecule has 36 heavy (non-hydrogen) atoms.